The average Bonchev–Trinajstić information content (AvgIpc) is 2.64. The molecule has 0 aromatic heterocycles. The van der Waals surface area contributed by atoms with Gasteiger partial charge in [0.15, 0.2) is 0 Å². The Hall–Kier alpha value is -0.830. The van der Waals surface area contributed by atoms with Gasteiger partial charge in [0.1, 0.15) is 0 Å². The normalized spacial score (nSPS) is 10.0. The number of rotatable bonds is 18. The summed E-state index contributed by atoms with van der Waals surface area (Å²) in [5, 5.41) is 11.7. The average molecular weight is 356 g/mol. The fourth-order valence-electron chi connectivity index (χ4n) is 2.73. The number of unbranched alkanes of at least 4 members (excludes halogenated alkanes) is 12. The van der Waals surface area contributed by atoms with E-state index in [2.05, 4.69) is 11.9 Å². The van der Waals surface area contributed by atoms with Crippen molar-refractivity contribution in [2.75, 3.05) is 13.2 Å². The minimum Gasteiger partial charge on any atom is -0.396 e. The van der Waals surface area contributed by atoms with E-state index in [9.17, 15) is 4.79 Å². The van der Waals surface area contributed by atoms with Gasteiger partial charge in [0.2, 0.25) is 5.91 Å². The topological polar surface area (TPSA) is 49.3 Å². The quantitative estimate of drug-likeness (QED) is 0.228. The van der Waals surface area contributed by atoms with Crippen LogP contribution in [-0.4, -0.2) is 24.2 Å². The fourth-order valence-corrected chi connectivity index (χ4v) is 2.73. The first-order valence-corrected chi connectivity index (χ1v) is 10.8. The van der Waals surface area contributed by atoms with Crippen LogP contribution < -0.4 is 5.32 Å². The van der Waals surface area contributed by atoms with Crippen molar-refractivity contribution < 1.29 is 9.90 Å². The number of carbonyl (C=O) groups excluding carboxylic acids is 1. The largest absolute Gasteiger partial charge is 0.396 e. The van der Waals surface area contributed by atoms with Crippen molar-refractivity contribution in [1.29, 1.82) is 0 Å². The molecule has 0 aromatic carbocycles. The maximum Gasteiger partial charge on any atom is 0.219 e. The molecule has 0 aliphatic heterocycles. The van der Waals surface area contributed by atoms with E-state index in [0.29, 0.717) is 13.0 Å². The third-order valence-corrected chi connectivity index (χ3v) is 4.22. The second kappa shape index (κ2) is 25.4. The Morgan fingerprint density at radius 3 is 1.68 bits per heavy atom. The van der Waals surface area contributed by atoms with Gasteiger partial charge in [0.25, 0.3) is 0 Å². The lowest BCUT2D eigenvalue weighted by Gasteiger charge is -2.05. The van der Waals surface area contributed by atoms with E-state index in [1.54, 1.807) is 0 Å². The molecule has 0 fully saturated rings. The number of aliphatic hydroxyl groups is 1. The highest BCUT2D eigenvalue weighted by molar-refractivity contribution is 5.75. The van der Waals surface area contributed by atoms with Gasteiger partial charge in [-0.15, -0.1) is 6.58 Å². The third-order valence-electron chi connectivity index (χ3n) is 4.22. The molecule has 0 aromatic rings. The highest BCUT2D eigenvalue weighted by Gasteiger charge is 2.00. The smallest absolute Gasteiger partial charge is 0.219 e. The van der Waals surface area contributed by atoms with Gasteiger partial charge in [0.05, 0.1) is 0 Å². The zero-order chi connectivity index (χ0) is 19.0. The third kappa shape index (κ3) is 25.5. The molecular formula is C22H45NO2. The first-order chi connectivity index (χ1) is 12.3. The molecule has 0 unspecified atom stereocenters. The lowest BCUT2D eigenvalue weighted by atomic mass is 10.0. The molecule has 0 heterocycles. The van der Waals surface area contributed by atoms with Crippen molar-refractivity contribution in [3.05, 3.63) is 12.7 Å². The van der Waals surface area contributed by atoms with Gasteiger partial charge < -0.3 is 10.4 Å². The summed E-state index contributed by atoms with van der Waals surface area (Å²) in [4.78, 5) is 11.6. The number of hydrogen-bond acceptors (Lipinski definition) is 2. The van der Waals surface area contributed by atoms with Crippen molar-refractivity contribution in [2.24, 2.45) is 0 Å². The summed E-state index contributed by atoms with van der Waals surface area (Å²) in [5.41, 5.74) is 0. The molecule has 150 valence electrons. The second-order valence-corrected chi connectivity index (χ2v) is 6.50. The van der Waals surface area contributed by atoms with Crippen LogP contribution in [0.5, 0.6) is 0 Å². The molecule has 0 bridgehead atoms. The Kier molecular flexibility index (Phi) is 26.8. The van der Waals surface area contributed by atoms with E-state index in [-0.39, 0.29) is 5.91 Å². The molecule has 0 atom stereocenters. The van der Waals surface area contributed by atoms with Crippen molar-refractivity contribution >= 4 is 5.91 Å². The summed E-state index contributed by atoms with van der Waals surface area (Å²) < 4.78 is 0. The van der Waals surface area contributed by atoms with Gasteiger partial charge in [-0.1, -0.05) is 84.1 Å². The minimum atomic E-state index is 0.204. The summed E-state index contributed by atoms with van der Waals surface area (Å²) in [6.45, 7) is 8.80. The summed E-state index contributed by atoms with van der Waals surface area (Å²) in [6, 6.07) is 0. The second-order valence-electron chi connectivity index (χ2n) is 6.50. The van der Waals surface area contributed by atoms with Crippen LogP contribution >= 0.6 is 0 Å². The van der Waals surface area contributed by atoms with Crippen LogP contribution in [-0.2, 0) is 4.79 Å². The first-order valence-electron chi connectivity index (χ1n) is 10.8. The monoisotopic (exact) mass is 355 g/mol. The maximum atomic E-state index is 11.6. The highest BCUT2D eigenvalue weighted by atomic mass is 16.2. The molecular weight excluding hydrogens is 310 g/mol. The summed E-state index contributed by atoms with van der Waals surface area (Å²) in [5.74, 6) is 0.204. The molecule has 25 heavy (non-hydrogen) atoms. The van der Waals surface area contributed by atoms with Crippen molar-refractivity contribution in [1.82, 2.24) is 5.32 Å². The van der Waals surface area contributed by atoms with Crippen LogP contribution in [0.25, 0.3) is 0 Å². The van der Waals surface area contributed by atoms with Crippen LogP contribution in [0.4, 0.5) is 0 Å². The fraction of sp³-hybridized carbons (Fsp3) is 0.864. The molecule has 0 rings (SSSR count). The first kappa shape index (κ1) is 26.4. The van der Waals surface area contributed by atoms with Gasteiger partial charge in [-0.05, 0) is 25.7 Å². The minimum absolute atomic E-state index is 0.204. The molecule has 0 radical (unpaired) electrons. The Bertz CT molecular complexity index is 267. The standard InChI is InChI=1S/C20H39NO2.C2H6/c1-2-3-15-18-21-20(23)17-14-12-10-8-6-4-5-7-9-11-13-16-19-22;1-2/h2,22H,1,3-19H2,(H,21,23);1-2H3. The molecule has 2 N–H and O–H groups in total. The molecule has 0 aliphatic rings. The summed E-state index contributed by atoms with van der Waals surface area (Å²) in [7, 11) is 0. The molecule has 3 heteroatoms. The highest BCUT2D eigenvalue weighted by Crippen LogP contribution is 2.12. The predicted molar refractivity (Wildman–Crippen MR) is 111 cm³/mol. The van der Waals surface area contributed by atoms with Gasteiger partial charge in [-0.25, -0.2) is 0 Å². The van der Waals surface area contributed by atoms with Crippen LogP contribution in [0.15, 0.2) is 12.7 Å². The van der Waals surface area contributed by atoms with E-state index in [4.69, 9.17) is 5.11 Å². The molecule has 3 nitrogen and oxygen atoms in total. The van der Waals surface area contributed by atoms with Crippen molar-refractivity contribution in [3.63, 3.8) is 0 Å². The van der Waals surface area contributed by atoms with Gasteiger partial charge in [-0.3, -0.25) is 4.79 Å². The van der Waals surface area contributed by atoms with E-state index >= 15 is 0 Å². The van der Waals surface area contributed by atoms with Gasteiger partial charge >= 0.3 is 0 Å². The molecule has 1 amide bonds. The number of amides is 1. The van der Waals surface area contributed by atoms with E-state index in [0.717, 1.165) is 32.2 Å². The lowest BCUT2D eigenvalue weighted by Crippen LogP contribution is -2.23. The van der Waals surface area contributed by atoms with E-state index < -0.39 is 0 Å². The lowest BCUT2D eigenvalue weighted by molar-refractivity contribution is -0.121. The number of allylic oxidation sites excluding steroid dienone is 1. The van der Waals surface area contributed by atoms with Gasteiger partial charge in [-0.2, -0.15) is 0 Å². The summed E-state index contributed by atoms with van der Waals surface area (Å²) >= 11 is 0. The Morgan fingerprint density at radius 1 is 0.800 bits per heavy atom. The van der Waals surface area contributed by atoms with E-state index in [1.807, 2.05) is 19.9 Å². The molecule has 0 saturated heterocycles. The van der Waals surface area contributed by atoms with Crippen LogP contribution in [0, 0.1) is 0 Å². The van der Waals surface area contributed by atoms with E-state index in [1.165, 1.54) is 64.2 Å². The van der Waals surface area contributed by atoms with Crippen LogP contribution in [0.2, 0.25) is 0 Å². The van der Waals surface area contributed by atoms with Crippen molar-refractivity contribution in [3.8, 4) is 0 Å². The Labute approximate surface area is 157 Å². The number of hydrogen-bond donors (Lipinski definition) is 2. The molecule has 0 saturated carbocycles. The zero-order valence-electron chi connectivity index (χ0n) is 17.2. The maximum absolute atomic E-state index is 11.6. The number of nitrogens with one attached hydrogen (secondary N) is 1. The SMILES string of the molecule is C=CCCCNC(=O)CCCCCCCCCCCCCCO.CC. The van der Waals surface area contributed by atoms with Crippen LogP contribution in [0.3, 0.4) is 0 Å². The van der Waals surface area contributed by atoms with Crippen LogP contribution in [0.1, 0.15) is 110 Å². The Balaban J connectivity index is 0. The number of carbonyl (C=O) groups is 1. The molecule has 0 spiro atoms. The summed E-state index contributed by atoms with van der Waals surface area (Å²) in [6.07, 6.45) is 19.5. The Morgan fingerprint density at radius 2 is 1.24 bits per heavy atom. The predicted octanol–water partition coefficient (Wildman–Crippen LogP) is 6.16. The molecule has 0 aliphatic carbocycles. The van der Waals surface area contributed by atoms with Crippen molar-refractivity contribution in [2.45, 2.75) is 110 Å². The van der Waals surface area contributed by atoms with Gasteiger partial charge in [0, 0.05) is 19.6 Å². The number of aliphatic hydroxyl groups excluding tert-OH is 1. The zero-order valence-corrected chi connectivity index (χ0v) is 17.2.